The molecule has 0 unspecified atom stereocenters. The maximum Gasteiger partial charge on any atom is 0.143 e. The molecule has 0 fully saturated rings. The average Bonchev–Trinajstić information content (AvgIpc) is 2.35. The predicted octanol–water partition coefficient (Wildman–Crippen LogP) is 0.625. The number of aromatic nitrogens is 2. The Balaban J connectivity index is 2.52. The first-order chi connectivity index (χ1) is 8.26. The molecule has 0 bridgehead atoms. The third-order valence-corrected chi connectivity index (χ3v) is 2.39. The maximum atomic E-state index is 8.79. The largest absolute Gasteiger partial charge is 0.495 e. The molecule has 0 saturated heterocycles. The fraction of sp³-hybridized carbons (Fsp3) is 0.273. The number of nitrogens with zero attached hydrogens (tertiary/aromatic N) is 2. The van der Waals surface area contributed by atoms with E-state index in [0.29, 0.717) is 23.8 Å². The Bertz CT molecular complexity index is 530. The first-order valence-electron chi connectivity index (χ1n) is 5.19. The van der Waals surface area contributed by atoms with E-state index in [1.807, 2.05) is 0 Å². The maximum absolute atomic E-state index is 8.79. The lowest BCUT2D eigenvalue weighted by molar-refractivity contribution is 0.311. The van der Waals surface area contributed by atoms with Gasteiger partial charge in [0.15, 0.2) is 0 Å². The van der Waals surface area contributed by atoms with E-state index in [1.54, 1.807) is 19.2 Å². The summed E-state index contributed by atoms with van der Waals surface area (Å²) in [5.74, 6) is 1.24. The minimum atomic E-state index is 0.0388. The van der Waals surface area contributed by atoms with Crippen LogP contribution in [0.1, 0.15) is 0 Å². The number of aliphatic hydroxyl groups is 1. The molecule has 0 spiro atoms. The van der Waals surface area contributed by atoms with Crippen LogP contribution in [0.4, 0.5) is 11.5 Å². The molecule has 0 aliphatic carbocycles. The predicted molar refractivity (Wildman–Crippen MR) is 66.1 cm³/mol. The number of rotatable bonds is 4. The molecule has 6 heteroatoms. The summed E-state index contributed by atoms with van der Waals surface area (Å²) in [4.78, 5) is 8.26. The van der Waals surface area contributed by atoms with Gasteiger partial charge < -0.3 is 20.9 Å². The highest BCUT2D eigenvalue weighted by atomic mass is 16.5. The number of aliphatic hydroxyl groups excluding tert-OH is 1. The monoisotopic (exact) mass is 234 g/mol. The lowest BCUT2D eigenvalue weighted by atomic mass is 10.2. The van der Waals surface area contributed by atoms with Crippen molar-refractivity contribution in [2.45, 2.75) is 0 Å². The van der Waals surface area contributed by atoms with Gasteiger partial charge in [0.25, 0.3) is 0 Å². The van der Waals surface area contributed by atoms with Crippen molar-refractivity contribution in [3.05, 3.63) is 18.5 Å². The van der Waals surface area contributed by atoms with Crippen molar-refractivity contribution in [2.24, 2.45) is 0 Å². The fourth-order valence-corrected chi connectivity index (χ4v) is 1.59. The van der Waals surface area contributed by atoms with Crippen molar-refractivity contribution in [1.82, 2.24) is 9.97 Å². The fourth-order valence-electron chi connectivity index (χ4n) is 1.59. The van der Waals surface area contributed by atoms with E-state index in [-0.39, 0.29) is 6.61 Å². The van der Waals surface area contributed by atoms with Gasteiger partial charge in [-0.25, -0.2) is 9.97 Å². The van der Waals surface area contributed by atoms with Crippen LogP contribution >= 0.6 is 0 Å². The third-order valence-electron chi connectivity index (χ3n) is 2.39. The Morgan fingerprint density at radius 3 is 2.94 bits per heavy atom. The highest BCUT2D eigenvalue weighted by Gasteiger charge is 2.07. The number of methoxy groups -OCH3 is 1. The second-order valence-corrected chi connectivity index (χ2v) is 3.48. The minimum Gasteiger partial charge on any atom is -0.495 e. The van der Waals surface area contributed by atoms with Gasteiger partial charge in [-0.3, -0.25) is 0 Å². The van der Waals surface area contributed by atoms with Crippen LogP contribution in [-0.2, 0) is 0 Å². The van der Waals surface area contributed by atoms with E-state index in [0.717, 1.165) is 10.9 Å². The zero-order valence-electron chi connectivity index (χ0n) is 9.47. The molecule has 0 amide bonds. The smallest absolute Gasteiger partial charge is 0.143 e. The van der Waals surface area contributed by atoms with Crippen molar-refractivity contribution in [1.29, 1.82) is 0 Å². The third kappa shape index (κ3) is 2.21. The summed E-state index contributed by atoms with van der Waals surface area (Å²) in [7, 11) is 1.56. The summed E-state index contributed by atoms with van der Waals surface area (Å²) in [6, 6.07) is 3.52. The van der Waals surface area contributed by atoms with E-state index in [2.05, 4.69) is 15.3 Å². The Labute approximate surface area is 98.4 Å². The SMILES string of the molecule is COc1cc2ncnc(NCCO)c2cc1N. The van der Waals surface area contributed by atoms with Crippen LogP contribution in [0.25, 0.3) is 10.9 Å². The number of nitrogens with one attached hydrogen (secondary N) is 1. The van der Waals surface area contributed by atoms with Crippen LogP contribution in [-0.4, -0.2) is 35.3 Å². The Hall–Kier alpha value is -2.08. The van der Waals surface area contributed by atoms with Crippen molar-refractivity contribution in [2.75, 3.05) is 31.3 Å². The molecule has 90 valence electrons. The molecule has 1 aromatic heterocycles. The van der Waals surface area contributed by atoms with Gasteiger partial charge in [0.1, 0.15) is 17.9 Å². The molecule has 1 aromatic carbocycles. The number of hydrogen-bond acceptors (Lipinski definition) is 6. The molecule has 6 nitrogen and oxygen atoms in total. The molecule has 0 radical (unpaired) electrons. The molecule has 2 aromatic rings. The Morgan fingerprint density at radius 1 is 1.41 bits per heavy atom. The van der Waals surface area contributed by atoms with Crippen LogP contribution < -0.4 is 15.8 Å². The summed E-state index contributed by atoms with van der Waals surface area (Å²) in [6.45, 7) is 0.467. The lowest BCUT2D eigenvalue weighted by Crippen LogP contribution is -2.07. The molecule has 0 atom stereocenters. The Morgan fingerprint density at radius 2 is 2.24 bits per heavy atom. The molecule has 0 aliphatic heterocycles. The molecule has 0 aliphatic rings. The van der Waals surface area contributed by atoms with Crippen molar-refractivity contribution in [3.8, 4) is 5.75 Å². The van der Waals surface area contributed by atoms with E-state index in [1.165, 1.54) is 6.33 Å². The summed E-state index contributed by atoms with van der Waals surface area (Å²) in [5.41, 5.74) is 7.11. The normalized spacial score (nSPS) is 10.5. The average molecular weight is 234 g/mol. The molecule has 0 saturated carbocycles. The highest BCUT2D eigenvalue weighted by Crippen LogP contribution is 2.29. The van der Waals surface area contributed by atoms with Gasteiger partial charge in [-0.15, -0.1) is 0 Å². The van der Waals surface area contributed by atoms with Gasteiger partial charge >= 0.3 is 0 Å². The van der Waals surface area contributed by atoms with E-state index >= 15 is 0 Å². The van der Waals surface area contributed by atoms with Gasteiger partial charge in [0.05, 0.1) is 24.9 Å². The van der Waals surface area contributed by atoms with Crippen molar-refractivity contribution in [3.63, 3.8) is 0 Å². The Kier molecular flexibility index (Phi) is 3.24. The van der Waals surface area contributed by atoms with Gasteiger partial charge in [-0.2, -0.15) is 0 Å². The van der Waals surface area contributed by atoms with Crippen LogP contribution in [0.15, 0.2) is 18.5 Å². The van der Waals surface area contributed by atoms with Gasteiger partial charge in [0.2, 0.25) is 0 Å². The summed E-state index contributed by atoms with van der Waals surface area (Å²) in [6.07, 6.45) is 1.46. The lowest BCUT2D eigenvalue weighted by Gasteiger charge is -2.09. The van der Waals surface area contributed by atoms with Crippen molar-refractivity contribution >= 4 is 22.4 Å². The van der Waals surface area contributed by atoms with Crippen LogP contribution in [0.3, 0.4) is 0 Å². The molecule has 4 N–H and O–H groups in total. The molecular formula is C11H14N4O2. The first kappa shape index (κ1) is 11.4. The number of hydrogen-bond donors (Lipinski definition) is 3. The molecule has 1 heterocycles. The molecular weight excluding hydrogens is 220 g/mol. The zero-order valence-corrected chi connectivity index (χ0v) is 9.47. The number of anilines is 2. The topological polar surface area (TPSA) is 93.3 Å². The number of benzene rings is 1. The standard InChI is InChI=1S/C11H14N4O2/c1-17-10-5-9-7(4-8(10)12)11(13-2-3-16)15-6-14-9/h4-6,16H,2-3,12H2,1H3,(H,13,14,15). The van der Waals surface area contributed by atoms with E-state index < -0.39 is 0 Å². The zero-order chi connectivity index (χ0) is 12.3. The van der Waals surface area contributed by atoms with E-state index in [4.69, 9.17) is 15.6 Å². The summed E-state index contributed by atoms with van der Waals surface area (Å²) in [5, 5.41) is 12.6. The number of ether oxygens (including phenoxy) is 1. The molecule has 17 heavy (non-hydrogen) atoms. The van der Waals surface area contributed by atoms with Crippen LogP contribution in [0.5, 0.6) is 5.75 Å². The van der Waals surface area contributed by atoms with Crippen molar-refractivity contribution < 1.29 is 9.84 Å². The van der Waals surface area contributed by atoms with Gasteiger partial charge in [-0.05, 0) is 6.07 Å². The number of nitrogens with two attached hydrogens (primary N) is 1. The highest BCUT2D eigenvalue weighted by molar-refractivity contribution is 5.93. The second kappa shape index (κ2) is 4.84. The quantitative estimate of drug-likeness (QED) is 0.672. The van der Waals surface area contributed by atoms with Crippen LogP contribution in [0, 0.1) is 0 Å². The van der Waals surface area contributed by atoms with E-state index in [9.17, 15) is 0 Å². The van der Waals surface area contributed by atoms with Crippen LogP contribution in [0.2, 0.25) is 0 Å². The summed E-state index contributed by atoms with van der Waals surface area (Å²) < 4.78 is 5.13. The number of nitrogen functional groups attached to an aromatic ring is 1. The molecule has 2 rings (SSSR count). The van der Waals surface area contributed by atoms with Gasteiger partial charge in [-0.1, -0.05) is 0 Å². The minimum absolute atomic E-state index is 0.0388. The summed E-state index contributed by atoms with van der Waals surface area (Å²) >= 11 is 0. The number of fused-ring (bicyclic) bond motifs is 1. The first-order valence-corrected chi connectivity index (χ1v) is 5.19. The second-order valence-electron chi connectivity index (χ2n) is 3.48. The van der Waals surface area contributed by atoms with Gasteiger partial charge in [0, 0.05) is 18.0 Å².